The molecule has 0 radical (unpaired) electrons. The van der Waals surface area contributed by atoms with E-state index in [1.54, 1.807) is 0 Å². The molecule has 3 aliphatic heterocycles. The Kier molecular flexibility index (Phi) is 5.30. The van der Waals surface area contributed by atoms with Gasteiger partial charge < -0.3 is 4.48 Å². The van der Waals surface area contributed by atoms with Gasteiger partial charge >= 0.3 is 0 Å². The average Bonchev–Trinajstić information content (AvgIpc) is 2.40. The summed E-state index contributed by atoms with van der Waals surface area (Å²) in [5.74, 6) is 0. The van der Waals surface area contributed by atoms with E-state index < -0.39 is 0 Å². The molecule has 2 nitrogen and oxygen atoms in total. The highest BCUT2D eigenvalue weighted by atomic mass is 15.4. The third-order valence-electron chi connectivity index (χ3n) is 4.91. The van der Waals surface area contributed by atoms with Crippen molar-refractivity contribution in [2.45, 2.75) is 51.9 Å². The largest absolute Gasteiger partial charge is 0.320 e. The topological polar surface area (TPSA) is 3.24 Å². The first-order valence-corrected chi connectivity index (χ1v) is 7.92. The molecule has 100 valence electrons. The van der Waals surface area contributed by atoms with Crippen molar-refractivity contribution in [2.24, 2.45) is 0 Å². The number of nitrogens with zero attached hydrogens (tertiary/aromatic N) is 2. The Morgan fingerprint density at radius 1 is 0.765 bits per heavy atom. The van der Waals surface area contributed by atoms with Crippen LogP contribution < -0.4 is 0 Å². The van der Waals surface area contributed by atoms with Crippen LogP contribution in [0.1, 0.15) is 51.9 Å². The van der Waals surface area contributed by atoms with Crippen LogP contribution in [0, 0.1) is 0 Å². The zero-order valence-corrected chi connectivity index (χ0v) is 11.8. The molecule has 0 aromatic heterocycles. The molecule has 3 rings (SSSR count). The Morgan fingerprint density at radius 2 is 1.29 bits per heavy atom. The van der Waals surface area contributed by atoms with Gasteiger partial charge in [0.05, 0.1) is 26.2 Å². The van der Waals surface area contributed by atoms with E-state index >= 15 is 0 Å². The van der Waals surface area contributed by atoms with Crippen molar-refractivity contribution in [3.8, 4) is 0 Å². The highest BCUT2D eigenvalue weighted by Crippen LogP contribution is 2.20. The number of fused-ring (bicyclic) bond motifs is 3. The standard InChI is InChI=1S/C15H31N2/c1-2-3-4-5-6-7-8-12-17-13-9-16(10-14-17)11-15-17/h2-15H2,1H3/q+1. The highest BCUT2D eigenvalue weighted by molar-refractivity contribution is 4.70. The summed E-state index contributed by atoms with van der Waals surface area (Å²) in [6, 6.07) is 0. The van der Waals surface area contributed by atoms with Gasteiger partial charge in [0, 0.05) is 19.6 Å². The fourth-order valence-corrected chi connectivity index (χ4v) is 3.47. The molecule has 2 heteroatoms. The molecule has 0 spiro atoms. The Labute approximate surface area is 108 Å². The summed E-state index contributed by atoms with van der Waals surface area (Å²) in [4.78, 5) is 2.64. The normalized spacial score (nSPS) is 31.9. The van der Waals surface area contributed by atoms with E-state index in [-0.39, 0.29) is 0 Å². The molecule has 0 unspecified atom stereocenters. The first-order chi connectivity index (χ1) is 8.35. The van der Waals surface area contributed by atoms with Gasteiger partial charge in [-0.3, -0.25) is 4.90 Å². The number of hydrogen-bond donors (Lipinski definition) is 0. The lowest BCUT2D eigenvalue weighted by atomic mass is 10.1. The van der Waals surface area contributed by atoms with Crippen molar-refractivity contribution in [2.75, 3.05) is 45.8 Å². The van der Waals surface area contributed by atoms with E-state index in [1.807, 2.05) is 0 Å². The number of piperazine rings is 3. The fraction of sp³-hybridized carbons (Fsp3) is 1.00. The lowest BCUT2D eigenvalue weighted by molar-refractivity contribution is -0.941. The second-order valence-corrected chi connectivity index (χ2v) is 6.20. The predicted molar refractivity (Wildman–Crippen MR) is 74.2 cm³/mol. The first kappa shape index (κ1) is 13.4. The third-order valence-corrected chi connectivity index (χ3v) is 4.91. The minimum Gasteiger partial charge on any atom is -0.320 e. The third kappa shape index (κ3) is 3.96. The van der Waals surface area contributed by atoms with Crippen LogP contribution in [-0.2, 0) is 0 Å². The molecule has 0 aromatic rings. The smallest absolute Gasteiger partial charge is 0.0916 e. The van der Waals surface area contributed by atoms with E-state index in [4.69, 9.17) is 0 Å². The first-order valence-electron chi connectivity index (χ1n) is 7.92. The van der Waals surface area contributed by atoms with Gasteiger partial charge in [-0.2, -0.15) is 0 Å². The zero-order chi connectivity index (χ0) is 12.0. The second-order valence-electron chi connectivity index (χ2n) is 6.20. The number of quaternary nitrogens is 1. The average molecular weight is 239 g/mol. The van der Waals surface area contributed by atoms with Gasteiger partial charge in [-0.05, 0) is 12.8 Å². The molecule has 0 saturated carbocycles. The minimum absolute atomic E-state index is 1.37. The van der Waals surface area contributed by atoms with Crippen LogP contribution in [0.25, 0.3) is 0 Å². The van der Waals surface area contributed by atoms with E-state index in [1.165, 1.54) is 95.2 Å². The Hall–Kier alpha value is -0.0800. The fourth-order valence-electron chi connectivity index (χ4n) is 3.47. The van der Waals surface area contributed by atoms with Crippen molar-refractivity contribution >= 4 is 0 Å². The summed E-state index contributed by atoms with van der Waals surface area (Å²) >= 11 is 0. The molecule has 3 heterocycles. The Balaban J connectivity index is 1.52. The lowest BCUT2D eigenvalue weighted by Gasteiger charge is -2.50. The minimum atomic E-state index is 1.37. The summed E-state index contributed by atoms with van der Waals surface area (Å²) in [5.41, 5.74) is 0. The summed E-state index contributed by atoms with van der Waals surface area (Å²) in [6.45, 7) is 12.2. The van der Waals surface area contributed by atoms with Crippen LogP contribution in [0.3, 0.4) is 0 Å². The number of rotatable bonds is 8. The maximum absolute atomic E-state index is 2.64. The maximum Gasteiger partial charge on any atom is 0.0916 e. The van der Waals surface area contributed by atoms with E-state index in [0.717, 1.165) is 0 Å². The van der Waals surface area contributed by atoms with Crippen LogP contribution in [0.5, 0.6) is 0 Å². The van der Waals surface area contributed by atoms with Gasteiger partial charge in [-0.25, -0.2) is 0 Å². The van der Waals surface area contributed by atoms with Crippen LogP contribution in [-0.4, -0.2) is 55.2 Å². The Bertz CT molecular complexity index is 193. The molecular formula is C15H31N2+. The van der Waals surface area contributed by atoms with Crippen molar-refractivity contribution in [3.63, 3.8) is 0 Å². The van der Waals surface area contributed by atoms with Crippen molar-refractivity contribution in [3.05, 3.63) is 0 Å². The highest BCUT2D eigenvalue weighted by Gasteiger charge is 2.37. The molecule has 3 saturated heterocycles. The zero-order valence-electron chi connectivity index (χ0n) is 11.8. The number of unbranched alkanes of at least 4 members (excludes halogenated alkanes) is 6. The van der Waals surface area contributed by atoms with Crippen LogP contribution in [0.2, 0.25) is 0 Å². The molecule has 0 N–H and O–H groups in total. The molecular weight excluding hydrogens is 208 g/mol. The molecule has 3 fully saturated rings. The van der Waals surface area contributed by atoms with Crippen molar-refractivity contribution in [1.82, 2.24) is 4.90 Å². The molecule has 0 aromatic carbocycles. The van der Waals surface area contributed by atoms with Crippen molar-refractivity contribution < 1.29 is 4.48 Å². The molecule has 0 aliphatic carbocycles. The van der Waals surface area contributed by atoms with Gasteiger partial charge in [-0.15, -0.1) is 0 Å². The number of hydrogen-bond acceptors (Lipinski definition) is 1. The van der Waals surface area contributed by atoms with Gasteiger partial charge in [0.15, 0.2) is 0 Å². The Morgan fingerprint density at radius 3 is 1.88 bits per heavy atom. The van der Waals surface area contributed by atoms with Crippen LogP contribution >= 0.6 is 0 Å². The molecule has 0 atom stereocenters. The SMILES string of the molecule is CCCCCCCCC[N+]12CCN(CC1)CC2. The van der Waals surface area contributed by atoms with Gasteiger partial charge in [0.1, 0.15) is 0 Å². The summed E-state index contributed by atoms with van der Waals surface area (Å²) in [5, 5.41) is 0. The van der Waals surface area contributed by atoms with Crippen LogP contribution in [0.4, 0.5) is 0 Å². The van der Waals surface area contributed by atoms with E-state index in [2.05, 4.69) is 11.8 Å². The van der Waals surface area contributed by atoms with Gasteiger partial charge in [0.2, 0.25) is 0 Å². The maximum atomic E-state index is 2.64. The quantitative estimate of drug-likeness (QED) is 0.465. The van der Waals surface area contributed by atoms with Crippen molar-refractivity contribution in [1.29, 1.82) is 0 Å². The molecule has 3 aliphatic rings. The molecule has 17 heavy (non-hydrogen) atoms. The van der Waals surface area contributed by atoms with Gasteiger partial charge in [0.25, 0.3) is 0 Å². The van der Waals surface area contributed by atoms with Gasteiger partial charge in [-0.1, -0.05) is 39.0 Å². The summed E-state index contributed by atoms with van der Waals surface area (Å²) in [7, 11) is 0. The molecule has 2 bridgehead atoms. The van der Waals surface area contributed by atoms with Crippen LogP contribution in [0.15, 0.2) is 0 Å². The lowest BCUT2D eigenvalue weighted by Crippen LogP contribution is -2.67. The molecule has 0 amide bonds. The summed E-state index contributed by atoms with van der Waals surface area (Å²) in [6.07, 6.45) is 10.2. The van der Waals surface area contributed by atoms with E-state index in [9.17, 15) is 0 Å². The second kappa shape index (κ2) is 6.75. The summed E-state index contributed by atoms with van der Waals surface area (Å²) < 4.78 is 1.46. The van der Waals surface area contributed by atoms with E-state index in [0.29, 0.717) is 0 Å². The monoisotopic (exact) mass is 239 g/mol. The predicted octanol–water partition coefficient (Wildman–Crippen LogP) is 2.88.